The van der Waals surface area contributed by atoms with Crippen molar-refractivity contribution < 1.29 is 9.18 Å². The standard InChI is InChI=1S/C19H18BrFN4O/c1-4-7-24(11-14-9-15(20)5-6-17(14)21)19(26)16-10-22-25-13(3)8-12(2)23-18(16)25/h4-6,8-10H,1,7,11H2,2-3H3. The van der Waals surface area contributed by atoms with Crippen LogP contribution in [-0.2, 0) is 6.54 Å². The van der Waals surface area contributed by atoms with Crippen LogP contribution in [0.15, 0.2) is 47.6 Å². The monoisotopic (exact) mass is 416 g/mol. The average Bonchev–Trinajstić information content (AvgIpc) is 3.01. The van der Waals surface area contributed by atoms with Crippen LogP contribution >= 0.6 is 15.9 Å². The zero-order valence-electron chi connectivity index (χ0n) is 14.5. The second-order valence-corrected chi connectivity index (χ2v) is 6.96. The van der Waals surface area contributed by atoms with Crippen LogP contribution in [0, 0.1) is 19.7 Å². The van der Waals surface area contributed by atoms with Gasteiger partial charge in [0.05, 0.1) is 6.20 Å². The second-order valence-electron chi connectivity index (χ2n) is 6.04. The third kappa shape index (κ3) is 3.53. The number of aromatic nitrogens is 3. The van der Waals surface area contributed by atoms with Crippen molar-refractivity contribution in [1.29, 1.82) is 0 Å². The van der Waals surface area contributed by atoms with Crippen molar-refractivity contribution in [3.63, 3.8) is 0 Å². The van der Waals surface area contributed by atoms with Gasteiger partial charge in [-0.2, -0.15) is 5.10 Å². The van der Waals surface area contributed by atoms with Gasteiger partial charge in [-0.1, -0.05) is 22.0 Å². The van der Waals surface area contributed by atoms with Crippen LogP contribution in [0.5, 0.6) is 0 Å². The molecule has 0 aliphatic heterocycles. The summed E-state index contributed by atoms with van der Waals surface area (Å²) in [5.74, 6) is -0.628. The minimum atomic E-state index is -0.361. The van der Waals surface area contributed by atoms with E-state index < -0.39 is 0 Å². The Morgan fingerprint density at radius 1 is 1.38 bits per heavy atom. The molecule has 0 unspecified atom stereocenters. The molecule has 5 nitrogen and oxygen atoms in total. The van der Waals surface area contributed by atoms with Gasteiger partial charge >= 0.3 is 0 Å². The van der Waals surface area contributed by atoms with E-state index in [1.54, 1.807) is 22.7 Å². The highest BCUT2D eigenvalue weighted by atomic mass is 79.9. The van der Waals surface area contributed by atoms with Crippen LogP contribution in [0.25, 0.3) is 5.65 Å². The van der Waals surface area contributed by atoms with Gasteiger partial charge in [-0.3, -0.25) is 4.79 Å². The molecular formula is C19H18BrFN4O. The highest BCUT2D eigenvalue weighted by Crippen LogP contribution is 2.20. The summed E-state index contributed by atoms with van der Waals surface area (Å²) in [6, 6.07) is 6.56. The van der Waals surface area contributed by atoms with Gasteiger partial charge in [0, 0.05) is 34.5 Å². The van der Waals surface area contributed by atoms with Crippen LogP contribution in [0.2, 0.25) is 0 Å². The molecule has 0 bridgehead atoms. The van der Waals surface area contributed by atoms with Gasteiger partial charge in [0.15, 0.2) is 5.65 Å². The fraction of sp³-hybridized carbons (Fsp3) is 0.211. The Labute approximate surface area is 159 Å². The first kappa shape index (κ1) is 18.3. The highest BCUT2D eigenvalue weighted by Gasteiger charge is 2.22. The SMILES string of the molecule is C=CCN(Cc1cc(Br)ccc1F)C(=O)c1cnn2c(C)cc(C)nc12. The lowest BCUT2D eigenvalue weighted by Gasteiger charge is -2.21. The van der Waals surface area contributed by atoms with Gasteiger partial charge in [0.2, 0.25) is 0 Å². The topological polar surface area (TPSA) is 50.5 Å². The Bertz CT molecular complexity index is 999. The number of hydrogen-bond acceptors (Lipinski definition) is 3. The van der Waals surface area contributed by atoms with Crippen molar-refractivity contribution in [2.75, 3.05) is 6.54 Å². The molecule has 1 aromatic carbocycles. The van der Waals surface area contributed by atoms with E-state index in [0.717, 1.165) is 15.9 Å². The number of benzene rings is 1. The number of aryl methyl sites for hydroxylation is 2. The van der Waals surface area contributed by atoms with Crippen LogP contribution in [0.3, 0.4) is 0 Å². The number of carbonyl (C=O) groups is 1. The number of hydrogen-bond donors (Lipinski definition) is 0. The molecule has 3 aromatic rings. The molecule has 0 atom stereocenters. The van der Waals surface area contributed by atoms with Crippen molar-refractivity contribution >= 4 is 27.5 Å². The molecule has 0 aliphatic rings. The zero-order chi connectivity index (χ0) is 18.8. The van der Waals surface area contributed by atoms with E-state index >= 15 is 0 Å². The highest BCUT2D eigenvalue weighted by molar-refractivity contribution is 9.10. The third-order valence-corrected chi connectivity index (χ3v) is 4.51. The Balaban J connectivity index is 1.99. The van der Waals surface area contributed by atoms with Gasteiger partial charge in [-0.25, -0.2) is 13.9 Å². The maximum absolute atomic E-state index is 14.1. The number of amides is 1. The van der Waals surface area contributed by atoms with E-state index in [2.05, 4.69) is 32.6 Å². The molecule has 134 valence electrons. The number of carbonyl (C=O) groups excluding carboxylic acids is 1. The quantitative estimate of drug-likeness (QED) is 0.588. The van der Waals surface area contributed by atoms with Crippen LogP contribution in [0.1, 0.15) is 27.3 Å². The fourth-order valence-electron chi connectivity index (χ4n) is 2.84. The van der Waals surface area contributed by atoms with Gasteiger partial charge < -0.3 is 4.90 Å². The summed E-state index contributed by atoms with van der Waals surface area (Å²) in [5.41, 5.74) is 2.99. The molecule has 7 heteroatoms. The minimum absolute atomic E-state index is 0.123. The summed E-state index contributed by atoms with van der Waals surface area (Å²) in [6.45, 7) is 7.88. The molecule has 26 heavy (non-hydrogen) atoms. The molecule has 0 fully saturated rings. The van der Waals surface area contributed by atoms with E-state index in [4.69, 9.17) is 0 Å². The number of halogens is 2. The molecule has 3 rings (SSSR count). The van der Waals surface area contributed by atoms with Gasteiger partial charge in [-0.15, -0.1) is 6.58 Å². The Morgan fingerprint density at radius 2 is 2.15 bits per heavy atom. The lowest BCUT2D eigenvalue weighted by atomic mass is 10.1. The molecule has 0 saturated carbocycles. The summed E-state index contributed by atoms with van der Waals surface area (Å²) >= 11 is 3.34. The van der Waals surface area contributed by atoms with E-state index in [1.165, 1.54) is 17.2 Å². The first-order valence-corrected chi connectivity index (χ1v) is 8.86. The predicted octanol–water partition coefficient (Wildman–Crippen LogP) is 4.08. The fourth-order valence-corrected chi connectivity index (χ4v) is 3.25. The number of nitrogens with zero attached hydrogens (tertiary/aromatic N) is 4. The van der Waals surface area contributed by atoms with Gasteiger partial charge in [-0.05, 0) is 38.1 Å². The molecule has 0 aliphatic carbocycles. The average molecular weight is 417 g/mol. The number of rotatable bonds is 5. The maximum Gasteiger partial charge on any atom is 0.259 e. The summed E-state index contributed by atoms with van der Waals surface area (Å²) in [5, 5.41) is 4.26. The van der Waals surface area contributed by atoms with Crippen molar-refractivity contribution in [2.24, 2.45) is 0 Å². The molecule has 0 radical (unpaired) electrons. The van der Waals surface area contributed by atoms with Gasteiger partial charge in [0.25, 0.3) is 5.91 Å². The third-order valence-electron chi connectivity index (χ3n) is 4.01. The van der Waals surface area contributed by atoms with Crippen molar-refractivity contribution in [3.05, 3.63) is 75.9 Å². The normalized spacial score (nSPS) is 10.9. The van der Waals surface area contributed by atoms with Crippen molar-refractivity contribution in [2.45, 2.75) is 20.4 Å². The lowest BCUT2D eigenvalue weighted by Crippen LogP contribution is -2.31. The molecule has 0 saturated heterocycles. The van der Waals surface area contributed by atoms with Crippen molar-refractivity contribution in [1.82, 2.24) is 19.5 Å². The summed E-state index contributed by atoms with van der Waals surface area (Å²) in [7, 11) is 0. The van der Waals surface area contributed by atoms with E-state index in [1.807, 2.05) is 19.9 Å². The van der Waals surface area contributed by atoms with Crippen LogP contribution < -0.4 is 0 Å². The smallest absolute Gasteiger partial charge is 0.259 e. The minimum Gasteiger partial charge on any atom is -0.330 e. The molecule has 0 spiro atoms. The Kier molecular flexibility index (Phi) is 5.18. The first-order chi connectivity index (χ1) is 12.4. The largest absolute Gasteiger partial charge is 0.330 e. The molecule has 1 amide bonds. The van der Waals surface area contributed by atoms with E-state index in [9.17, 15) is 9.18 Å². The molecule has 2 heterocycles. The Morgan fingerprint density at radius 3 is 2.88 bits per heavy atom. The van der Waals surface area contributed by atoms with Crippen LogP contribution in [-0.4, -0.2) is 31.9 Å². The lowest BCUT2D eigenvalue weighted by molar-refractivity contribution is 0.0763. The van der Waals surface area contributed by atoms with Crippen LogP contribution in [0.4, 0.5) is 4.39 Å². The Hall–Kier alpha value is -2.54. The summed E-state index contributed by atoms with van der Waals surface area (Å²) in [4.78, 5) is 19.1. The predicted molar refractivity (Wildman–Crippen MR) is 101 cm³/mol. The summed E-state index contributed by atoms with van der Waals surface area (Å²) in [6.07, 6.45) is 3.12. The van der Waals surface area contributed by atoms with Crippen molar-refractivity contribution in [3.8, 4) is 0 Å². The molecule has 2 aromatic heterocycles. The summed E-state index contributed by atoms with van der Waals surface area (Å²) < 4.78 is 16.5. The number of fused-ring (bicyclic) bond motifs is 1. The maximum atomic E-state index is 14.1. The first-order valence-electron chi connectivity index (χ1n) is 8.06. The molecule has 0 N–H and O–H groups in total. The van der Waals surface area contributed by atoms with E-state index in [-0.39, 0.29) is 24.8 Å². The van der Waals surface area contributed by atoms with Gasteiger partial charge in [0.1, 0.15) is 11.4 Å². The second kappa shape index (κ2) is 7.37. The van der Waals surface area contributed by atoms with E-state index in [0.29, 0.717) is 16.8 Å². The zero-order valence-corrected chi connectivity index (χ0v) is 16.1. The molecular weight excluding hydrogens is 399 g/mol.